The van der Waals surface area contributed by atoms with E-state index in [9.17, 15) is 9.59 Å². The fourth-order valence-corrected chi connectivity index (χ4v) is 3.97. The summed E-state index contributed by atoms with van der Waals surface area (Å²) < 4.78 is 5.50. The molecule has 2 aromatic rings. The molecule has 1 N–H and O–H groups in total. The van der Waals surface area contributed by atoms with Crippen molar-refractivity contribution >= 4 is 30.2 Å². The summed E-state index contributed by atoms with van der Waals surface area (Å²) in [6.07, 6.45) is 5.98. The molecule has 1 aliphatic rings. The number of ether oxygens (including phenoxy) is 1. The molecule has 3 rings (SSSR count). The van der Waals surface area contributed by atoms with E-state index >= 15 is 0 Å². The number of anilines is 1. The molecule has 0 spiro atoms. The number of esters is 1. The maximum Gasteiger partial charge on any atom is 0.338 e. The SMILES string of the molecule is CC(c1ccccc1)C(S)C(=O)Nc1cccc(C(=O)OCC2CCCCC2)c1. The van der Waals surface area contributed by atoms with Crippen LogP contribution in [0.4, 0.5) is 5.69 Å². The van der Waals surface area contributed by atoms with Gasteiger partial charge in [0.25, 0.3) is 0 Å². The molecule has 1 fully saturated rings. The lowest BCUT2D eigenvalue weighted by Gasteiger charge is -2.21. The Kier molecular flexibility index (Phi) is 7.76. The summed E-state index contributed by atoms with van der Waals surface area (Å²) >= 11 is 4.52. The first-order valence-corrected chi connectivity index (χ1v) is 10.9. The average molecular weight is 412 g/mol. The molecule has 4 nitrogen and oxygen atoms in total. The van der Waals surface area contributed by atoms with Crippen LogP contribution in [0.15, 0.2) is 54.6 Å². The van der Waals surface area contributed by atoms with Crippen molar-refractivity contribution in [2.75, 3.05) is 11.9 Å². The highest BCUT2D eigenvalue weighted by atomic mass is 32.1. The summed E-state index contributed by atoms with van der Waals surface area (Å²) in [6.45, 7) is 2.45. The maximum absolute atomic E-state index is 12.6. The van der Waals surface area contributed by atoms with Crippen LogP contribution in [0.5, 0.6) is 0 Å². The quantitative estimate of drug-likeness (QED) is 0.470. The van der Waals surface area contributed by atoms with Gasteiger partial charge in [-0.1, -0.05) is 62.6 Å². The zero-order valence-corrected chi connectivity index (χ0v) is 17.7. The van der Waals surface area contributed by atoms with Gasteiger partial charge in [-0.05, 0) is 42.5 Å². The Morgan fingerprint density at radius 2 is 1.79 bits per heavy atom. The molecule has 29 heavy (non-hydrogen) atoms. The number of thiol groups is 1. The minimum Gasteiger partial charge on any atom is -0.462 e. The first-order chi connectivity index (χ1) is 14.0. The number of amides is 1. The second kappa shape index (κ2) is 10.5. The van der Waals surface area contributed by atoms with E-state index in [0.717, 1.165) is 18.4 Å². The zero-order valence-electron chi connectivity index (χ0n) is 16.8. The lowest BCUT2D eigenvalue weighted by Crippen LogP contribution is -2.28. The second-order valence-electron chi connectivity index (χ2n) is 7.82. The van der Waals surface area contributed by atoms with Gasteiger partial charge in [0.05, 0.1) is 17.4 Å². The van der Waals surface area contributed by atoms with Gasteiger partial charge in [-0.25, -0.2) is 4.79 Å². The predicted octanol–water partition coefficient (Wildman–Crippen LogP) is 5.46. The fourth-order valence-electron chi connectivity index (χ4n) is 3.74. The van der Waals surface area contributed by atoms with Crippen LogP contribution in [-0.4, -0.2) is 23.7 Å². The van der Waals surface area contributed by atoms with Crippen LogP contribution in [-0.2, 0) is 9.53 Å². The van der Waals surface area contributed by atoms with Gasteiger partial charge in [-0.3, -0.25) is 4.79 Å². The Morgan fingerprint density at radius 3 is 2.52 bits per heavy atom. The van der Waals surface area contributed by atoms with Crippen molar-refractivity contribution in [2.45, 2.75) is 50.2 Å². The van der Waals surface area contributed by atoms with Crippen molar-refractivity contribution in [2.24, 2.45) is 5.92 Å². The molecule has 0 radical (unpaired) electrons. The van der Waals surface area contributed by atoms with Crippen LogP contribution in [0, 0.1) is 5.92 Å². The monoisotopic (exact) mass is 411 g/mol. The molecular formula is C24H29NO3S. The molecule has 2 atom stereocenters. The Morgan fingerprint density at radius 1 is 1.07 bits per heavy atom. The number of rotatable bonds is 7. The molecule has 1 amide bonds. The van der Waals surface area contributed by atoms with Crippen molar-refractivity contribution in [3.05, 3.63) is 65.7 Å². The summed E-state index contributed by atoms with van der Waals surface area (Å²) in [4.78, 5) is 25.0. The smallest absolute Gasteiger partial charge is 0.338 e. The molecule has 2 unspecified atom stereocenters. The van der Waals surface area contributed by atoms with E-state index in [-0.39, 0.29) is 17.8 Å². The van der Waals surface area contributed by atoms with Gasteiger partial charge < -0.3 is 10.1 Å². The van der Waals surface area contributed by atoms with E-state index in [1.165, 1.54) is 19.3 Å². The largest absolute Gasteiger partial charge is 0.462 e. The van der Waals surface area contributed by atoms with Crippen LogP contribution < -0.4 is 5.32 Å². The zero-order chi connectivity index (χ0) is 20.6. The highest BCUT2D eigenvalue weighted by Gasteiger charge is 2.23. The van der Waals surface area contributed by atoms with Gasteiger partial charge >= 0.3 is 5.97 Å². The molecule has 2 aromatic carbocycles. The minimum atomic E-state index is -0.501. The summed E-state index contributed by atoms with van der Waals surface area (Å²) in [7, 11) is 0. The van der Waals surface area contributed by atoms with E-state index in [2.05, 4.69) is 17.9 Å². The lowest BCUT2D eigenvalue weighted by molar-refractivity contribution is -0.116. The van der Waals surface area contributed by atoms with Crippen LogP contribution in [0.2, 0.25) is 0 Å². The van der Waals surface area contributed by atoms with E-state index in [0.29, 0.717) is 23.8 Å². The molecule has 0 saturated heterocycles. The van der Waals surface area contributed by atoms with Crippen molar-refractivity contribution < 1.29 is 14.3 Å². The van der Waals surface area contributed by atoms with E-state index in [4.69, 9.17) is 4.74 Å². The van der Waals surface area contributed by atoms with Crippen molar-refractivity contribution in [3.63, 3.8) is 0 Å². The van der Waals surface area contributed by atoms with E-state index < -0.39 is 5.25 Å². The highest BCUT2D eigenvalue weighted by Crippen LogP contribution is 2.25. The van der Waals surface area contributed by atoms with Gasteiger partial charge in [-0.15, -0.1) is 0 Å². The standard InChI is InChI=1S/C24H29NO3S/c1-17(19-11-6-3-7-12-19)22(29)23(26)25-21-14-8-13-20(15-21)24(27)28-16-18-9-4-2-5-10-18/h3,6-8,11-15,17-18,22,29H,2,4-5,9-10,16H2,1H3,(H,25,26). The Bertz CT molecular complexity index is 818. The fraction of sp³-hybridized carbons (Fsp3) is 0.417. The molecule has 154 valence electrons. The Hall–Kier alpha value is -2.27. The number of hydrogen-bond donors (Lipinski definition) is 2. The molecule has 0 aliphatic heterocycles. The third-order valence-electron chi connectivity index (χ3n) is 5.61. The number of benzene rings is 2. The van der Waals surface area contributed by atoms with Gasteiger partial charge in [0, 0.05) is 11.6 Å². The summed E-state index contributed by atoms with van der Waals surface area (Å²) in [5, 5.41) is 2.37. The summed E-state index contributed by atoms with van der Waals surface area (Å²) in [5.74, 6) is -0.104. The molecule has 1 aliphatic carbocycles. The van der Waals surface area contributed by atoms with Crippen LogP contribution in [0.25, 0.3) is 0 Å². The van der Waals surface area contributed by atoms with E-state index in [1.54, 1.807) is 24.3 Å². The molecule has 0 bridgehead atoms. The topological polar surface area (TPSA) is 55.4 Å². The number of carbonyl (C=O) groups excluding carboxylic acids is 2. The van der Waals surface area contributed by atoms with Crippen LogP contribution >= 0.6 is 12.6 Å². The molecule has 1 saturated carbocycles. The third-order valence-corrected chi connectivity index (χ3v) is 6.29. The number of nitrogens with one attached hydrogen (secondary N) is 1. The van der Waals surface area contributed by atoms with Crippen molar-refractivity contribution in [3.8, 4) is 0 Å². The van der Waals surface area contributed by atoms with Gasteiger partial charge in [-0.2, -0.15) is 12.6 Å². The first kappa shape index (κ1) is 21.4. The summed E-state index contributed by atoms with van der Waals surface area (Å²) in [6, 6.07) is 16.7. The van der Waals surface area contributed by atoms with Gasteiger partial charge in [0.2, 0.25) is 5.91 Å². The number of hydrogen-bond acceptors (Lipinski definition) is 4. The minimum absolute atomic E-state index is 0.0387. The molecule has 0 heterocycles. The molecule has 0 aromatic heterocycles. The van der Waals surface area contributed by atoms with Gasteiger partial charge in [0.1, 0.15) is 0 Å². The Labute approximate surface area is 178 Å². The average Bonchev–Trinajstić information content (AvgIpc) is 2.78. The first-order valence-electron chi connectivity index (χ1n) is 10.4. The van der Waals surface area contributed by atoms with E-state index in [1.807, 2.05) is 37.3 Å². The third kappa shape index (κ3) is 6.10. The maximum atomic E-state index is 12.6. The lowest BCUT2D eigenvalue weighted by atomic mass is 9.90. The predicted molar refractivity (Wildman–Crippen MR) is 120 cm³/mol. The molecule has 5 heteroatoms. The van der Waals surface area contributed by atoms with Crippen LogP contribution in [0.1, 0.15) is 60.9 Å². The molecular weight excluding hydrogens is 382 g/mol. The van der Waals surface area contributed by atoms with Gasteiger partial charge in [0.15, 0.2) is 0 Å². The van der Waals surface area contributed by atoms with Crippen LogP contribution in [0.3, 0.4) is 0 Å². The van der Waals surface area contributed by atoms with Crippen molar-refractivity contribution in [1.82, 2.24) is 0 Å². The summed E-state index contributed by atoms with van der Waals surface area (Å²) in [5.41, 5.74) is 2.08. The highest BCUT2D eigenvalue weighted by molar-refractivity contribution is 7.81. The second-order valence-corrected chi connectivity index (χ2v) is 8.37. The Balaban J connectivity index is 1.57. The number of carbonyl (C=O) groups is 2. The van der Waals surface area contributed by atoms with Crippen molar-refractivity contribution in [1.29, 1.82) is 0 Å². The normalized spacial score (nSPS) is 16.6.